The minimum absolute atomic E-state index is 0.801. The third-order valence-electron chi connectivity index (χ3n) is 11.3. The lowest BCUT2D eigenvalue weighted by Crippen LogP contribution is -2.14. The molecule has 0 saturated heterocycles. The van der Waals surface area contributed by atoms with Crippen molar-refractivity contribution in [3.8, 4) is 0 Å². The highest BCUT2D eigenvalue weighted by atomic mass is 16.3. The van der Waals surface area contributed by atoms with Crippen LogP contribution in [0.1, 0.15) is 0 Å². The van der Waals surface area contributed by atoms with Gasteiger partial charge in [0, 0.05) is 61.7 Å². The lowest BCUT2D eigenvalue weighted by molar-refractivity contribution is 0.670. The molecule has 0 aliphatic carbocycles. The quantitative estimate of drug-likeness (QED) is 0.136. The van der Waals surface area contributed by atoms with E-state index >= 15 is 0 Å². The highest BCUT2D eigenvalue weighted by molar-refractivity contribution is 6.33. The summed E-state index contributed by atoms with van der Waals surface area (Å²) in [5, 5.41) is 6.51. The van der Waals surface area contributed by atoms with E-state index in [9.17, 15) is 0 Å². The molecule has 0 aliphatic rings. The summed E-state index contributed by atoms with van der Waals surface area (Å²) in [5.41, 5.74) is 11.0. The number of nitrogens with zero attached hydrogens (tertiary/aromatic N) is 3. The molecule has 284 valence electrons. The maximum atomic E-state index is 7.55. The minimum Gasteiger partial charge on any atom is -0.454 e. The van der Waals surface area contributed by atoms with Crippen molar-refractivity contribution in [2.24, 2.45) is 0 Å². The summed E-state index contributed by atoms with van der Waals surface area (Å²) in [5.74, 6) is 0. The maximum absolute atomic E-state index is 7.55. The van der Waals surface area contributed by atoms with Gasteiger partial charge in [0.2, 0.25) is 0 Å². The summed E-state index contributed by atoms with van der Waals surface area (Å²) in [6, 6.07) is 83.7. The fourth-order valence-electron chi connectivity index (χ4n) is 8.83. The zero-order valence-electron chi connectivity index (χ0n) is 32.8. The van der Waals surface area contributed by atoms with Crippen LogP contribution in [0.2, 0.25) is 0 Å². The molecule has 4 nitrogen and oxygen atoms in total. The molecule has 0 bridgehead atoms. The van der Waals surface area contributed by atoms with Crippen LogP contribution in [-0.4, -0.2) is 0 Å². The van der Waals surface area contributed by atoms with Gasteiger partial charge in [0.05, 0.1) is 22.4 Å². The number of hydrogen-bond acceptors (Lipinski definition) is 4. The Morgan fingerprint density at radius 3 is 1.00 bits per heavy atom. The molecule has 0 amide bonds. The first-order chi connectivity index (χ1) is 29.8. The monoisotopic (exact) mass is 769 g/mol. The molecule has 0 aliphatic heterocycles. The van der Waals surface area contributed by atoms with E-state index in [1.54, 1.807) is 0 Å². The van der Waals surface area contributed by atoms with Crippen molar-refractivity contribution in [2.45, 2.75) is 0 Å². The summed E-state index contributed by atoms with van der Waals surface area (Å²) < 4.78 is 7.55. The molecule has 60 heavy (non-hydrogen) atoms. The van der Waals surface area contributed by atoms with E-state index in [4.69, 9.17) is 4.42 Å². The number of rotatable bonds is 9. The number of hydrogen-bond donors (Lipinski definition) is 0. The van der Waals surface area contributed by atoms with Crippen molar-refractivity contribution >= 4 is 94.7 Å². The van der Waals surface area contributed by atoms with E-state index in [0.717, 1.165) is 94.7 Å². The van der Waals surface area contributed by atoms with Crippen molar-refractivity contribution in [3.63, 3.8) is 0 Å². The first-order valence-electron chi connectivity index (χ1n) is 20.4. The van der Waals surface area contributed by atoms with Gasteiger partial charge in [-0.05, 0) is 78.2 Å². The Balaban J connectivity index is 1.35. The van der Waals surface area contributed by atoms with Gasteiger partial charge >= 0.3 is 0 Å². The molecule has 1 heterocycles. The average molecular weight is 770 g/mol. The molecule has 1 aromatic heterocycles. The van der Waals surface area contributed by atoms with Crippen molar-refractivity contribution in [1.82, 2.24) is 0 Å². The van der Waals surface area contributed by atoms with Gasteiger partial charge in [0.15, 0.2) is 5.58 Å². The highest BCUT2D eigenvalue weighted by Gasteiger charge is 2.31. The van der Waals surface area contributed by atoms with Crippen molar-refractivity contribution < 1.29 is 4.42 Å². The number of furan rings is 1. The first-order valence-corrected chi connectivity index (χ1v) is 20.4. The van der Waals surface area contributed by atoms with Gasteiger partial charge in [-0.2, -0.15) is 0 Å². The molecule has 0 fully saturated rings. The minimum atomic E-state index is 0.801. The molecule has 10 aromatic carbocycles. The topological polar surface area (TPSA) is 22.9 Å². The highest BCUT2D eigenvalue weighted by Crippen LogP contribution is 2.55. The van der Waals surface area contributed by atoms with Crippen LogP contribution in [-0.2, 0) is 0 Å². The molecule has 0 saturated carbocycles. The average Bonchev–Trinajstić information content (AvgIpc) is 3.71. The normalized spacial score (nSPS) is 11.3. The SMILES string of the molecule is c1ccc(N(c2ccccc2)c2cc3oc4c(N(c5ccccc5)c5ccccc5)c5ccccc5c(N(c5ccccc5)c5ccccc5)c4c3c3ccccc23)cc1. The summed E-state index contributed by atoms with van der Waals surface area (Å²) in [6.45, 7) is 0. The smallest absolute Gasteiger partial charge is 0.162 e. The van der Waals surface area contributed by atoms with Crippen LogP contribution in [0.5, 0.6) is 0 Å². The molecule has 0 radical (unpaired) electrons. The second kappa shape index (κ2) is 15.0. The molecule has 4 heteroatoms. The van der Waals surface area contributed by atoms with Crippen LogP contribution >= 0.6 is 0 Å². The molecular formula is C56H39N3O. The van der Waals surface area contributed by atoms with Gasteiger partial charge in [-0.1, -0.05) is 158 Å². The summed E-state index contributed by atoms with van der Waals surface area (Å²) in [7, 11) is 0. The third-order valence-corrected chi connectivity index (χ3v) is 11.3. The summed E-state index contributed by atoms with van der Waals surface area (Å²) >= 11 is 0. The van der Waals surface area contributed by atoms with E-state index < -0.39 is 0 Å². The van der Waals surface area contributed by atoms with E-state index in [1.165, 1.54) is 0 Å². The van der Waals surface area contributed by atoms with Crippen LogP contribution in [0.25, 0.3) is 43.5 Å². The number of anilines is 9. The van der Waals surface area contributed by atoms with E-state index in [-0.39, 0.29) is 0 Å². The van der Waals surface area contributed by atoms with Crippen molar-refractivity contribution in [2.75, 3.05) is 14.7 Å². The first kappa shape index (κ1) is 35.1. The zero-order valence-corrected chi connectivity index (χ0v) is 32.8. The Kier molecular flexibility index (Phi) is 8.79. The molecule has 0 atom stereocenters. The molecule has 0 spiro atoms. The fraction of sp³-hybridized carbons (Fsp3) is 0. The maximum Gasteiger partial charge on any atom is 0.162 e. The summed E-state index contributed by atoms with van der Waals surface area (Å²) in [4.78, 5) is 7.10. The summed E-state index contributed by atoms with van der Waals surface area (Å²) in [6.07, 6.45) is 0. The molecular weight excluding hydrogens is 731 g/mol. The van der Waals surface area contributed by atoms with Crippen LogP contribution in [0.3, 0.4) is 0 Å². The Morgan fingerprint density at radius 2 is 0.583 bits per heavy atom. The molecule has 11 rings (SSSR count). The van der Waals surface area contributed by atoms with Gasteiger partial charge in [0.1, 0.15) is 5.58 Å². The second-order valence-electron chi connectivity index (χ2n) is 14.9. The zero-order chi connectivity index (χ0) is 39.8. The number of benzene rings is 10. The van der Waals surface area contributed by atoms with Crippen LogP contribution in [0, 0.1) is 0 Å². The molecule has 11 aromatic rings. The Bertz CT molecular complexity index is 3130. The predicted molar refractivity (Wildman–Crippen MR) is 253 cm³/mol. The number of fused-ring (bicyclic) bond motifs is 6. The lowest BCUT2D eigenvalue weighted by atomic mass is 9.95. The Labute approximate surface area is 349 Å². The lowest BCUT2D eigenvalue weighted by Gasteiger charge is -2.31. The molecule has 0 N–H and O–H groups in total. The van der Waals surface area contributed by atoms with E-state index in [0.29, 0.717) is 0 Å². The molecule has 0 unspecified atom stereocenters. The van der Waals surface area contributed by atoms with Gasteiger partial charge in [-0.3, -0.25) is 0 Å². The van der Waals surface area contributed by atoms with Gasteiger partial charge in [-0.25, -0.2) is 0 Å². The standard InChI is InChI=1S/C56H39N3O/c1-7-23-40(24-8-1)57(41-25-9-2-10-26-41)50-39-51-52(47-36-20-19-35-46(47)50)53-54(58(42-27-11-3-12-28-42)43-29-13-4-14-30-43)48-37-21-22-38-49(48)55(56(53)60-51)59(44-31-15-5-16-32-44)45-33-17-6-18-34-45/h1-39H. The Hall–Kier alpha value is -8.08. The van der Waals surface area contributed by atoms with Crippen LogP contribution in [0.15, 0.2) is 241 Å². The third kappa shape index (κ3) is 5.93. The van der Waals surface area contributed by atoms with Gasteiger partial charge < -0.3 is 19.1 Å². The number of para-hydroxylation sites is 6. The van der Waals surface area contributed by atoms with E-state index in [1.807, 2.05) is 0 Å². The van der Waals surface area contributed by atoms with Crippen molar-refractivity contribution in [3.05, 3.63) is 237 Å². The van der Waals surface area contributed by atoms with Crippen molar-refractivity contribution in [1.29, 1.82) is 0 Å². The van der Waals surface area contributed by atoms with E-state index in [2.05, 4.69) is 251 Å². The van der Waals surface area contributed by atoms with Gasteiger partial charge in [0.25, 0.3) is 0 Å². The largest absolute Gasteiger partial charge is 0.454 e. The van der Waals surface area contributed by atoms with Gasteiger partial charge in [-0.15, -0.1) is 0 Å². The Morgan fingerprint density at radius 1 is 0.267 bits per heavy atom. The fourth-order valence-corrected chi connectivity index (χ4v) is 8.83. The van der Waals surface area contributed by atoms with Crippen LogP contribution in [0.4, 0.5) is 51.2 Å². The second-order valence-corrected chi connectivity index (χ2v) is 14.9. The predicted octanol–water partition coefficient (Wildman–Crippen LogP) is 16.3. The van der Waals surface area contributed by atoms with Crippen LogP contribution < -0.4 is 14.7 Å².